The van der Waals surface area contributed by atoms with E-state index in [1.807, 2.05) is 6.07 Å². The van der Waals surface area contributed by atoms with Crippen molar-refractivity contribution in [1.29, 1.82) is 0 Å². The molecule has 1 aliphatic rings. The largest absolute Gasteiger partial charge is 0.325 e. The van der Waals surface area contributed by atoms with E-state index < -0.39 is 0 Å². The Labute approximate surface area is 125 Å². The van der Waals surface area contributed by atoms with E-state index in [0.717, 1.165) is 28.6 Å². The standard InChI is InChI=1S/C14H17Br2NO/c1-3-8(4-2)14(16)10-5-9-6-13(18)17-12(9)7-11(10)15/h5,7-8,14H,3-4,6H2,1-2H3,(H,17,18). The zero-order valence-electron chi connectivity index (χ0n) is 10.6. The molecular formula is C14H17Br2NO. The maximum atomic E-state index is 11.4. The SMILES string of the molecule is CCC(CC)C(Br)c1cc2c(cc1Br)NC(=O)C2. The lowest BCUT2D eigenvalue weighted by atomic mass is 9.93. The minimum atomic E-state index is 0.0858. The molecule has 0 spiro atoms. The first-order valence-electron chi connectivity index (χ1n) is 6.33. The van der Waals surface area contributed by atoms with Crippen LogP contribution >= 0.6 is 31.9 Å². The van der Waals surface area contributed by atoms with Crippen LogP contribution in [0.3, 0.4) is 0 Å². The average molecular weight is 375 g/mol. The van der Waals surface area contributed by atoms with Crippen molar-refractivity contribution >= 4 is 43.5 Å². The van der Waals surface area contributed by atoms with Crippen LogP contribution in [0.5, 0.6) is 0 Å². The molecule has 98 valence electrons. The Morgan fingerprint density at radius 1 is 1.33 bits per heavy atom. The second-order valence-electron chi connectivity index (χ2n) is 4.73. The Hall–Kier alpha value is -0.350. The molecule has 1 aromatic rings. The topological polar surface area (TPSA) is 29.1 Å². The molecule has 1 unspecified atom stereocenters. The van der Waals surface area contributed by atoms with Gasteiger partial charge in [-0.05, 0) is 23.1 Å². The number of fused-ring (bicyclic) bond motifs is 1. The lowest BCUT2D eigenvalue weighted by Gasteiger charge is -2.21. The van der Waals surface area contributed by atoms with Crippen molar-refractivity contribution in [2.45, 2.75) is 37.9 Å². The maximum absolute atomic E-state index is 11.4. The number of carbonyl (C=O) groups excluding carboxylic acids is 1. The molecule has 0 radical (unpaired) electrons. The molecule has 1 amide bonds. The van der Waals surface area contributed by atoms with Gasteiger partial charge in [-0.25, -0.2) is 0 Å². The van der Waals surface area contributed by atoms with E-state index >= 15 is 0 Å². The fourth-order valence-corrected chi connectivity index (χ4v) is 4.46. The summed E-state index contributed by atoms with van der Waals surface area (Å²) in [7, 11) is 0. The van der Waals surface area contributed by atoms with Gasteiger partial charge in [-0.2, -0.15) is 0 Å². The van der Waals surface area contributed by atoms with Crippen LogP contribution in [0.25, 0.3) is 0 Å². The summed E-state index contributed by atoms with van der Waals surface area (Å²) < 4.78 is 1.07. The molecule has 1 atom stereocenters. The van der Waals surface area contributed by atoms with Crippen molar-refractivity contribution in [2.24, 2.45) is 5.92 Å². The van der Waals surface area contributed by atoms with Gasteiger partial charge in [0.25, 0.3) is 0 Å². The molecule has 0 bridgehead atoms. The third-order valence-corrected chi connectivity index (χ3v) is 5.54. The first-order valence-corrected chi connectivity index (χ1v) is 8.03. The van der Waals surface area contributed by atoms with Gasteiger partial charge < -0.3 is 5.32 Å². The van der Waals surface area contributed by atoms with Crippen molar-refractivity contribution < 1.29 is 4.79 Å². The van der Waals surface area contributed by atoms with Crippen molar-refractivity contribution in [3.63, 3.8) is 0 Å². The van der Waals surface area contributed by atoms with Gasteiger partial charge in [-0.1, -0.05) is 64.6 Å². The fraction of sp³-hybridized carbons (Fsp3) is 0.500. The Morgan fingerprint density at radius 2 is 2.00 bits per heavy atom. The van der Waals surface area contributed by atoms with Crippen LogP contribution in [0, 0.1) is 5.92 Å². The molecule has 1 N–H and O–H groups in total. The number of benzene rings is 1. The molecule has 0 fully saturated rings. The quantitative estimate of drug-likeness (QED) is 0.752. The highest BCUT2D eigenvalue weighted by molar-refractivity contribution is 9.11. The zero-order valence-corrected chi connectivity index (χ0v) is 13.8. The highest BCUT2D eigenvalue weighted by Gasteiger charge is 2.24. The highest BCUT2D eigenvalue weighted by Crippen LogP contribution is 2.41. The van der Waals surface area contributed by atoms with Crippen molar-refractivity contribution in [3.8, 4) is 0 Å². The molecule has 0 aromatic heterocycles. The van der Waals surface area contributed by atoms with Gasteiger partial charge in [0.1, 0.15) is 0 Å². The zero-order chi connectivity index (χ0) is 13.3. The first kappa shape index (κ1) is 14.1. The van der Waals surface area contributed by atoms with Gasteiger partial charge in [0, 0.05) is 15.0 Å². The molecule has 1 aliphatic heterocycles. The van der Waals surface area contributed by atoms with Gasteiger partial charge in [0.15, 0.2) is 0 Å². The fourth-order valence-electron chi connectivity index (χ4n) is 2.43. The van der Waals surface area contributed by atoms with Gasteiger partial charge in [-0.3, -0.25) is 4.79 Å². The van der Waals surface area contributed by atoms with E-state index in [4.69, 9.17) is 0 Å². The van der Waals surface area contributed by atoms with E-state index in [1.54, 1.807) is 0 Å². The molecule has 4 heteroatoms. The third-order valence-electron chi connectivity index (χ3n) is 3.61. The minimum absolute atomic E-state index is 0.0858. The van der Waals surface area contributed by atoms with E-state index in [0.29, 0.717) is 17.2 Å². The minimum Gasteiger partial charge on any atom is -0.325 e. The monoisotopic (exact) mass is 373 g/mol. The van der Waals surface area contributed by atoms with Crippen LogP contribution in [0.4, 0.5) is 5.69 Å². The summed E-state index contributed by atoms with van der Waals surface area (Å²) in [5.74, 6) is 0.701. The van der Waals surface area contributed by atoms with Crippen LogP contribution in [0.15, 0.2) is 16.6 Å². The van der Waals surface area contributed by atoms with Crippen molar-refractivity contribution in [3.05, 3.63) is 27.7 Å². The summed E-state index contributed by atoms with van der Waals surface area (Å²) in [5, 5.41) is 2.88. The number of rotatable bonds is 4. The summed E-state index contributed by atoms with van der Waals surface area (Å²) in [6.07, 6.45) is 2.79. The van der Waals surface area contributed by atoms with Gasteiger partial charge in [0.2, 0.25) is 5.91 Å². The number of halogens is 2. The number of hydrogen-bond acceptors (Lipinski definition) is 1. The molecule has 2 rings (SSSR count). The Balaban J connectivity index is 2.35. The Kier molecular flexibility index (Phi) is 4.49. The van der Waals surface area contributed by atoms with Crippen LogP contribution < -0.4 is 5.32 Å². The van der Waals surface area contributed by atoms with E-state index in [-0.39, 0.29) is 5.91 Å². The second kappa shape index (κ2) is 5.74. The van der Waals surface area contributed by atoms with Gasteiger partial charge in [0.05, 0.1) is 6.42 Å². The number of hydrogen-bond donors (Lipinski definition) is 1. The predicted octanol–water partition coefficient (Wildman–Crippen LogP) is 4.82. The molecular weight excluding hydrogens is 358 g/mol. The van der Waals surface area contributed by atoms with Crippen molar-refractivity contribution in [2.75, 3.05) is 5.32 Å². The summed E-state index contributed by atoms with van der Waals surface area (Å²) >= 11 is 7.43. The van der Waals surface area contributed by atoms with Crippen LogP contribution in [-0.2, 0) is 11.2 Å². The Bertz CT molecular complexity index is 469. The van der Waals surface area contributed by atoms with E-state index in [2.05, 4.69) is 57.1 Å². The van der Waals surface area contributed by atoms with Crippen LogP contribution in [0.2, 0.25) is 0 Å². The Morgan fingerprint density at radius 3 is 2.61 bits per heavy atom. The first-order chi connectivity index (χ1) is 8.56. The number of alkyl halides is 1. The molecule has 1 aromatic carbocycles. The summed E-state index contributed by atoms with van der Waals surface area (Å²) in [4.78, 5) is 11.7. The second-order valence-corrected chi connectivity index (χ2v) is 6.58. The number of amides is 1. The molecule has 1 heterocycles. The number of carbonyl (C=O) groups is 1. The van der Waals surface area contributed by atoms with Crippen LogP contribution in [0.1, 0.15) is 42.6 Å². The lowest BCUT2D eigenvalue weighted by Crippen LogP contribution is -2.06. The molecule has 2 nitrogen and oxygen atoms in total. The maximum Gasteiger partial charge on any atom is 0.228 e. The van der Waals surface area contributed by atoms with Crippen molar-refractivity contribution in [1.82, 2.24) is 0 Å². The summed E-state index contributed by atoms with van der Waals surface area (Å²) in [6.45, 7) is 4.43. The third kappa shape index (κ3) is 2.64. The van der Waals surface area contributed by atoms with E-state index in [1.165, 1.54) is 5.56 Å². The molecule has 18 heavy (non-hydrogen) atoms. The highest BCUT2D eigenvalue weighted by atomic mass is 79.9. The van der Waals surface area contributed by atoms with Gasteiger partial charge in [-0.15, -0.1) is 0 Å². The number of anilines is 1. The number of nitrogens with one attached hydrogen (secondary N) is 1. The lowest BCUT2D eigenvalue weighted by molar-refractivity contribution is -0.115. The molecule has 0 saturated carbocycles. The molecule has 0 aliphatic carbocycles. The van der Waals surface area contributed by atoms with Gasteiger partial charge >= 0.3 is 0 Å². The summed E-state index contributed by atoms with van der Waals surface area (Å²) in [5.41, 5.74) is 3.30. The predicted molar refractivity (Wildman–Crippen MR) is 82.2 cm³/mol. The average Bonchev–Trinajstić information content (AvgIpc) is 2.68. The van der Waals surface area contributed by atoms with Crippen LogP contribution in [-0.4, -0.2) is 5.91 Å². The smallest absolute Gasteiger partial charge is 0.228 e. The molecule has 0 saturated heterocycles. The summed E-state index contributed by atoms with van der Waals surface area (Å²) in [6, 6.07) is 4.17. The van der Waals surface area contributed by atoms with E-state index in [9.17, 15) is 4.79 Å². The normalized spacial score (nSPS) is 15.7.